The van der Waals surface area contributed by atoms with E-state index in [2.05, 4.69) is 17.2 Å². The SMILES string of the molecule is C=C1NC(=O)N[C@@H](c2ccccc2C(F)(F)F)[C@@H]1C(=O)OCC(C)C. The van der Waals surface area contributed by atoms with Crippen molar-refractivity contribution in [3.05, 3.63) is 47.7 Å². The molecule has 1 fully saturated rings. The number of rotatable bonds is 4. The molecule has 2 rings (SSSR count). The number of hydrogen-bond donors (Lipinski definition) is 2. The van der Waals surface area contributed by atoms with Gasteiger partial charge in [0, 0.05) is 5.70 Å². The van der Waals surface area contributed by atoms with Crippen LogP contribution in [0.4, 0.5) is 18.0 Å². The molecule has 1 aliphatic heterocycles. The maximum atomic E-state index is 13.3. The average Bonchev–Trinajstić information content (AvgIpc) is 2.51. The monoisotopic (exact) mass is 356 g/mol. The van der Waals surface area contributed by atoms with E-state index in [-0.39, 0.29) is 23.8 Å². The summed E-state index contributed by atoms with van der Waals surface area (Å²) in [5.41, 5.74) is -1.13. The molecule has 5 nitrogen and oxygen atoms in total. The Hall–Kier alpha value is -2.51. The Bertz CT molecular complexity index is 686. The highest BCUT2D eigenvalue weighted by atomic mass is 19.4. The van der Waals surface area contributed by atoms with Crippen molar-refractivity contribution in [2.24, 2.45) is 11.8 Å². The van der Waals surface area contributed by atoms with Crippen LogP contribution in [0, 0.1) is 11.8 Å². The predicted molar refractivity (Wildman–Crippen MR) is 84.3 cm³/mol. The van der Waals surface area contributed by atoms with Crippen LogP contribution >= 0.6 is 0 Å². The third-order valence-corrected chi connectivity index (χ3v) is 3.68. The van der Waals surface area contributed by atoms with Gasteiger partial charge in [-0.2, -0.15) is 13.2 Å². The molecule has 1 saturated heterocycles. The standard InChI is InChI=1S/C17H19F3N2O3/c1-9(2)8-25-15(23)13-10(3)21-16(24)22-14(13)11-6-4-5-7-12(11)17(18,19)20/h4-7,9,13-14H,3,8H2,1-2H3,(H2,21,22,24)/t13-,14+/m1/s1. The van der Waals surface area contributed by atoms with Crippen LogP contribution in [-0.2, 0) is 15.7 Å². The lowest BCUT2D eigenvalue weighted by Crippen LogP contribution is -2.51. The number of esters is 1. The molecule has 136 valence electrons. The first-order valence-corrected chi connectivity index (χ1v) is 7.70. The van der Waals surface area contributed by atoms with E-state index in [9.17, 15) is 22.8 Å². The van der Waals surface area contributed by atoms with E-state index in [1.807, 2.05) is 13.8 Å². The lowest BCUT2D eigenvalue weighted by Gasteiger charge is -2.34. The minimum absolute atomic E-state index is 0.000478. The Balaban J connectivity index is 2.43. The van der Waals surface area contributed by atoms with Crippen LogP contribution in [-0.4, -0.2) is 18.6 Å². The third kappa shape index (κ3) is 4.32. The maximum absolute atomic E-state index is 13.3. The van der Waals surface area contributed by atoms with Gasteiger partial charge in [0.25, 0.3) is 0 Å². The molecule has 8 heteroatoms. The van der Waals surface area contributed by atoms with Crippen molar-refractivity contribution in [3.63, 3.8) is 0 Å². The summed E-state index contributed by atoms with van der Waals surface area (Å²) in [7, 11) is 0. The zero-order valence-electron chi connectivity index (χ0n) is 13.8. The number of carbonyl (C=O) groups is 2. The van der Waals surface area contributed by atoms with Crippen LogP contribution < -0.4 is 10.6 Å². The highest BCUT2D eigenvalue weighted by Gasteiger charge is 2.43. The lowest BCUT2D eigenvalue weighted by atomic mass is 9.86. The average molecular weight is 356 g/mol. The van der Waals surface area contributed by atoms with E-state index in [0.29, 0.717) is 0 Å². The van der Waals surface area contributed by atoms with Crippen molar-refractivity contribution in [1.29, 1.82) is 0 Å². The third-order valence-electron chi connectivity index (χ3n) is 3.68. The molecule has 25 heavy (non-hydrogen) atoms. The van der Waals surface area contributed by atoms with Crippen LogP contribution in [0.1, 0.15) is 31.0 Å². The quantitative estimate of drug-likeness (QED) is 0.813. The summed E-state index contributed by atoms with van der Waals surface area (Å²) in [6.45, 7) is 7.39. The van der Waals surface area contributed by atoms with Crippen molar-refractivity contribution >= 4 is 12.0 Å². The van der Waals surface area contributed by atoms with Gasteiger partial charge in [-0.1, -0.05) is 38.6 Å². The molecule has 1 aliphatic rings. The molecular weight excluding hydrogens is 337 g/mol. The van der Waals surface area contributed by atoms with E-state index in [4.69, 9.17) is 4.74 Å². The number of benzene rings is 1. The summed E-state index contributed by atoms with van der Waals surface area (Å²) in [6.07, 6.45) is -4.63. The second-order valence-electron chi connectivity index (χ2n) is 6.19. The zero-order valence-corrected chi connectivity index (χ0v) is 13.8. The first-order chi connectivity index (χ1) is 11.6. The summed E-state index contributed by atoms with van der Waals surface area (Å²) in [5, 5.41) is 4.71. The summed E-state index contributed by atoms with van der Waals surface area (Å²) in [5.74, 6) is -1.85. The van der Waals surface area contributed by atoms with Gasteiger partial charge >= 0.3 is 18.2 Å². The van der Waals surface area contributed by atoms with Gasteiger partial charge in [0.15, 0.2) is 0 Å². The van der Waals surface area contributed by atoms with Crippen LogP contribution in [0.2, 0.25) is 0 Å². The topological polar surface area (TPSA) is 67.4 Å². The first kappa shape index (κ1) is 18.8. The van der Waals surface area contributed by atoms with Crippen LogP contribution in [0.15, 0.2) is 36.5 Å². The molecule has 2 amide bonds. The molecule has 0 bridgehead atoms. The number of urea groups is 1. The summed E-state index contributed by atoms with van der Waals surface area (Å²) >= 11 is 0. The minimum atomic E-state index is -4.63. The normalized spacial score (nSPS) is 20.9. The molecule has 0 spiro atoms. The molecule has 1 heterocycles. The summed E-state index contributed by atoms with van der Waals surface area (Å²) in [6, 6.07) is 2.85. The van der Waals surface area contributed by atoms with Gasteiger partial charge in [0.1, 0.15) is 5.92 Å². The molecule has 1 aromatic rings. The number of carbonyl (C=O) groups excluding carboxylic acids is 2. The van der Waals surface area contributed by atoms with Crippen molar-refractivity contribution in [2.45, 2.75) is 26.1 Å². The van der Waals surface area contributed by atoms with Crippen molar-refractivity contribution in [1.82, 2.24) is 10.6 Å². The van der Waals surface area contributed by atoms with Gasteiger partial charge in [-0.15, -0.1) is 0 Å². The van der Waals surface area contributed by atoms with Gasteiger partial charge in [-0.25, -0.2) is 4.79 Å². The Morgan fingerprint density at radius 1 is 1.32 bits per heavy atom. The molecule has 1 aromatic carbocycles. The second kappa shape index (κ2) is 7.16. The second-order valence-corrected chi connectivity index (χ2v) is 6.19. The number of amides is 2. The number of ether oxygens (including phenoxy) is 1. The lowest BCUT2D eigenvalue weighted by molar-refractivity contribution is -0.150. The van der Waals surface area contributed by atoms with Crippen molar-refractivity contribution in [2.75, 3.05) is 6.61 Å². The highest BCUT2D eigenvalue weighted by molar-refractivity contribution is 5.85. The Labute approximate surface area is 143 Å². The number of halogens is 3. The molecule has 0 saturated carbocycles. The molecule has 0 aliphatic carbocycles. The Morgan fingerprint density at radius 3 is 2.56 bits per heavy atom. The van der Waals surface area contributed by atoms with E-state index in [1.165, 1.54) is 18.2 Å². The van der Waals surface area contributed by atoms with E-state index in [0.717, 1.165) is 6.07 Å². The summed E-state index contributed by atoms with van der Waals surface area (Å²) in [4.78, 5) is 24.1. The molecular formula is C17H19F3N2O3. The Kier molecular flexibility index (Phi) is 5.39. The number of alkyl halides is 3. The van der Waals surface area contributed by atoms with Crippen molar-refractivity contribution in [3.8, 4) is 0 Å². The number of hydrogen-bond acceptors (Lipinski definition) is 3. The van der Waals surface area contributed by atoms with E-state index < -0.39 is 35.7 Å². The molecule has 2 atom stereocenters. The van der Waals surface area contributed by atoms with Gasteiger partial charge < -0.3 is 15.4 Å². The fraction of sp³-hybridized carbons (Fsp3) is 0.412. The largest absolute Gasteiger partial charge is 0.465 e. The predicted octanol–water partition coefficient (Wildman–Crippen LogP) is 3.39. The van der Waals surface area contributed by atoms with Crippen LogP contribution in [0.3, 0.4) is 0 Å². The van der Waals surface area contributed by atoms with Crippen molar-refractivity contribution < 1.29 is 27.5 Å². The van der Waals surface area contributed by atoms with Gasteiger partial charge in [-0.3, -0.25) is 4.79 Å². The first-order valence-electron chi connectivity index (χ1n) is 7.70. The molecule has 0 radical (unpaired) electrons. The van der Waals surface area contributed by atoms with Crippen LogP contribution in [0.5, 0.6) is 0 Å². The Morgan fingerprint density at radius 2 is 1.96 bits per heavy atom. The van der Waals surface area contributed by atoms with E-state index in [1.54, 1.807) is 0 Å². The molecule has 0 unspecified atom stereocenters. The minimum Gasteiger partial charge on any atom is -0.465 e. The van der Waals surface area contributed by atoms with E-state index >= 15 is 0 Å². The van der Waals surface area contributed by atoms with Gasteiger partial charge in [0.05, 0.1) is 18.2 Å². The maximum Gasteiger partial charge on any atom is 0.416 e. The highest BCUT2D eigenvalue weighted by Crippen LogP contribution is 2.39. The molecule has 0 aromatic heterocycles. The molecule has 2 N–H and O–H groups in total. The number of nitrogens with one attached hydrogen (secondary N) is 2. The smallest absolute Gasteiger partial charge is 0.416 e. The fourth-order valence-electron chi connectivity index (χ4n) is 2.59. The van der Waals surface area contributed by atoms with Gasteiger partial charge in [0.2, 0.25) is 0 Å². The zero-order chi connectivity index (χ0) is 18.8. The van der Waals surface area contributed by atoms with Crippen LogP contribution in [0.25, 0.3) is 0 Å². The fourth-order valence-corrected chi connectivity index (χ4v) is 2.59. The summed E-state index contributed by atoms with van der Waals surface area (Å²) < 4.78 is 45.1. The van der Waals surface area contributed by atoms with Gasteiger partial charge in [-0.05, 0) is 17.5 Å².